The highest BCUT2D eigenvalue weighted by Crippen LogP contribution is 2.29. The third-order valence-electron chi connectivity index (χ3n) is 9.89. The SMILES string of the molecule is CCCCN(CCCC)C(=O)c1nc(-c2ccc(C(=O)NS(=O)(=O)c3ccc4ccccc4c3)cc2C(=O)N2CCc3ccccc3C2)[nH]c1CC(=O)NC. The molecule has 12 nitrogen and oxygen atoms in total. The molecule has 4 amide bonds. The summed E-state index contributed by atoms with van der Waals surface area (Å²) in [6, 6.07) is 24.1. The van der Waals surface area contributed by atoms with Crippen molar-refractivity contribution in [2.24, 2.45) is 0 Å². The second-order valence-corrected chi connectivity index (χ2v) is 15.4. The quantitative estimate of drug-likeness (QED) is 0.127. The maximum absolute atomic E-state index is 14.5. The molecule has 0 bridgehead atoms. The molecular weight excluding hydrogens is 717 g/mol. The number of hydrogen-bond donors (Lipinski definition) is 3. The highest BCUT2D eigenvalue weighted by atomic mass is 32.2. The fraction of sp³-hybridized carbons (Fsp3) is 0.310. The van der Waals surface area contributed by atoms with Crippen LogP contribution in [0, 0.1) is 0 Å². The minimum absolute atomic E-state index is 0.0624. The Morgan fingerprint density at radius 2 is 1.55 bits per heavy atom. The van der Waals surface area contributed by atoms with E-state index in [1.165, 1.54) is 37.4 Å². The smallest absolute Gasteiger partial charge is 0.274 e. The largest absolute Gasteiger partial charge is 0.359 e. The Labute approximate surface area is 321 Å². The number of nitrogens with one attached hydrogen (secondary N) is 3. The Morgan fingerprint density at radius 3 is 2.25 bits per heavy atom. The number of fused-ring (bicyclic) bond motifs is 2. The van der Waals surface area contributed by atoms with Crippen LogP contribution in [0.3, 0.4) is 0 Å². The summed E-state index contributed by atoms with van der Waals surface area (Å²) in [6.45, 7) is 5.90. The van der Waals surface area contributed by atoms with Crippen LogP contribution in [0.4, 0.5) is 0 Å². The van der Waals surface area contributed by atoms with E-state index in [9.17, 15) is 27.6 Å². The molecule has 5 aromatic rings. The molecule has 3 N–H and O–H groups in total. The second kappa shape index (κ2) is 17.1. The fourth-order valence-corrected chi connectivity index (χ4v) is 7.75. The molecule has 6 rings (SSSR count). The number of amides is 4. The van der Waals surface area contributed by atoms with E-state index in [1.54, 1.807) is 28.0 Å². The molecule has 2 heterocycles. The molecule has 0 fully saturated rings. The molecule has 0 spiro atoms. The van der Waals surface area contributed by atoms with Crippen LogP contribution < -0.4 is 10.0 Å². The maximum Gasteiger partial charge on any atom is 0.274 e. The first-order chi connectivity index (χ1) is 26.5. The first-order valence-corrected chi connectivity index (χ1v) is 20.2. The number of imidazole rings is 1. The average Bonchev–Trinajstić information content (AvgIpc) is 3.62. The molecule has 286 valence electrons. The molecule has 1 aliphatic heterocycles. The molecule has 1 aromatic heterocycles. The minimum atomic E-state index is -4.29. The molecular formula is C42H46N6O6S. The van der Waals surface area contributed by atoms with Crippen molar-refractivity contribution >= 4 is 44.4 Å². The Kier molecular flexibility index (Phi) is 12.1. The fourth-order valence-electron chi connectivity index (χ4n) is 6.74. The summed E-state index contributed by atoms with van der Waals surface area (Å²) in [6.07, 6.45) is 3.86. The normalized spacial score (nSPS) is 12.6. The van der Waals surface area contributed by atoms with Crippen LogP contribution in [0.15, 0.2) is 89.8 Å². The number of carbonyl (C=O) groups is 4. The topological polar surface area (TPSA) is 162 Å². The molecule has 0 saturated carbocycles. The standard InChI is InChI=1S/C42H46N6O6S/c1-4-6-21-47(22-7-5-2)42(52)38-36(26-37(49)43-3)44-39(45-38)34-19-17-31(25-35(34)41(51)48-23-20-29-13-9-11-15-32(29)27-48)40(50)46-55(53,54)33-18-16-28-12-8-10-14-30(28)24-33/h8-19,24-25H,4-7,20-23,26-27H2,1-3H3,(H,43,49)(H,44,45)(H,46,50). The van der Waals surface area contributed by atoms with Crippen LogP contribution in [0.1, 0.15) is 87.6 Å². The Morgan fingerprint density at radius 1 is 0.855 bits per heavy atom. The zero-order valence-corrected chi connectivity index (χ0v) is 32.2. The van der Waals surface area contributed by atoms with Crippen LogP contribution in [0.25, 0.3) is 22.2 Å². The zero-order chi connectivity index (χ0) is 39.1. The summed E-state index contributed by atoms with van der Waals surface area (Å²) in [5.41, 5.74) is 2.84. The van der Waals surface area contributed by atoms with Gasteiger partial charge in [-0.15, -0.1) is 0 Å². The highest BCUT2D eigenvalue weighted by molar-refractivity contribution is 7.90. The Bertz CT molecular complexity index is 2350. The predicted octanol–water partition coefficient (Wildman–Crippen LogP) is 5.88. The lowest BCUT2D eigenvalue weighted by molar-refractivity contribution is -0.120. The Hall–Kier alpha value is -5.82. The third-order valence-corrected chi connectivity index (χ3v) is 11.2. The van der Waals surface area contributed by atoms with Gasteiger partial charge in [0.15, 0.2) is 5.69 Å². The number of aromatic nitrogens is 2. The summed E-state index contributed by atoms with van der Waals surface area (Å²) in [5.74, 6) is -1.80. The number of nitrogens with zero attached hydrogens (tertiary/aromatic N) is 3. The van der Waals surface area contributed by atoms with E-state index in [0.717, 1.165) is 42.2 Å². The number of sulfonamides is 1. The number of unbranched alkanes of at least 4 members (excludes halogenated alkanes) is 2. The third kappa shape index (κ3) is 8.78. The number of hydrogen-bond acceptors (Lipinski definition) is 7. The van der Waals surface area contributed by atoms with Gasteiger partial charge in [-0.2, -0.15) is 0 Å². The molecule has 13 heteroatoms. The van der Waals surface area contributed by atoms with Gasteiger partial charge < -0.3 is 20.1 Å². The lowest BCUT2D eigenvalue weighted by Crippen LogP contribution is -2.36. The molecule has 0 unspecified atom stereocenters. The molecule has 55 heavy (non-hydrogen) atoms. The van der Waals surface area contributed by atoms with Crippen molar-refractivity contribution in [3.05, 3.63) is 119 Å². The predicted molar refractivity (Wildman–Crippen MR) is 211 cm³/mol. The van der Waals surface area contributed by atoms with E-state index in [0.29, 0.717) is 49.2 Å². The van der Waals surface area contributed by atoms with E-state index >= 15 is 0 Å². The van der Waals surface area contributed by atoms with E-state index in [-0.39, 0.29) is 45.8 Å². The van der Waals surface area contributed by atoms with Gasteiger partial charge in [-0.3, -0.25) is 19.2 Å². The molecule has 0 radical (unpaired) electrons. The van der Waals surface area contributed by atoms with Crippen molar-refractivity contribution in [1.82, 2.24) is 29.8 Å². The first-order valence-electron chi connectivity index (χ1n) is 18.7. The van der Waals surface area contributed by atoms with Gasteiger partial charge in [-0.05, 0) is 71.5 Å². The zero-order valence-electron chi connectivity index (χ0n) is 31.4. The van der Waals surface area contributed by atoms with Crippen molar-refractivity contribution < 1.29 is 27.6 Å². The average molecular weight is 763 g/mol. The highest BCUT2D eigenvalue weighted by Gasteiger charge is 2.30. The van der Waals surface area contributed by atoms with Crippen LogP contribution in [-0.4, -0.2) is 78.5 Å². The van der Waals surface area contributed by atoms with Gasteiger partial charge in [0.05, 0.1) is 22.6 Å². The van der Waals surface area contributed by atoms with Crippen LogP contribution in [0.2, 0.25) is 0 Å². The van der Waals surface area contributed by atoms with Crippen molar-refractivity contribution in [3.63, 3.8) is 0 Å². The van der Waals surface area contributed by atoms with E-state index < -0.39 is 21.8 Å². The molecule has 4 aromatic carbocycles. The lowest BCUT2D eigenvalue weighted by atomic mass is 9.97. The Balaban J connectivity index is 1.40. The summed E-state index contributed by atoms with van der Waals surface area (Å²) in [7, 11) is -2.78. The van der Waals surface area contributed by atoms with Crippen LogP contribution in [0.5, 0.6) is 0 Å². The molecule has 0 saturated heterocycles. The van der Waals surface area contributed by atoms with Crippen LogP contribution >= 0.6 is 0 Å². The van der Waals surface area contributed by atoms with Gasteiger partial charge >= 0.3 is 0 Å². The van der Waals surface area contributed by atoms with E-state index in [4.69, 9.17) is 4.98 Å². The lowest BCUT2D eigenvalue weighted by Gasteiger charge is -2.29. The van der Waals surface area contributed by atoms with Gasteiger partial charge in [0, 0.05) is 44.4 Å². The van der Waals surface area contributed by atoms with Crippen molar-refractivity contribution in [2.45, 2.75) is 63.8 Å². The van der Waals surface area contributed by atoms with Crippen molar-refractivity contribution in [1.29, 1.82) is 0 Å². The van der Waals surface area contributed by atoms with Crippen LogP contribution in [-0.2, 0) is 34.2 Å². The number of benzene rings is 4. The van der Waals surface area contributed by atoms with Gasteiger partial charge in [0.1, 0.15) is 5.82 Å². The maximum atomic E-state index is 14.5. The first kappa shape index (κ1) is 38.9. The summed E-state index contributed by atoms with van der Waals surface area (Å²) < 4.78 is 29.1. The number of carbonyl (C=O) groups excluding carboxylic acids is 4. The number of aromatic amines is 1. The van der Waals surface area contributed by atoms with Gasteiger partial charge in [-0.1, -0.05) is 81.3 Å². The minimum Gasteiger partial charge on any atom is -0.359 e. The van der Waals surface area contributed by atoms with Gasteiger partial charge in [0.2, 0.25) is 5.91 Å². The van der Waals surface area contributed by atoms with Gasteiger partial charge in [0.25, 0.3) is 27.7 Å². The monoisotopic (exact) mass is 762 g/mol. The van der Waals surface area contributed by atoms with E-state index in [2.05, 4.69) is 28.9 Å². The second-order valence-electron chi connectivity index (χ2n) is 13.7. The van der Waals surface area contributed by atoms with Gasteiger partial charge in [-0.25, -0.2) is 18.1 Å². The summed E-state index contributed by atoms with van der Waals surface area (Å²) in [4.78, 5) is 66.1. The molecule has 1 aliphatic rings. The molecule has 0 aliphatic carbocycles. The van der Waals surface area contributed by atoms with Crippen molar-refractivity contribution in [3.8, 4) is 11.4 Å². The number of H-pyrrole nitrogens is 1. The molecule has 0 atom stereocenters. The number of likely N-dealkylation sites (N-methyl/N-ethyl adjacent to an activating group) is 1. The summed E-state index contributed by atoms with van der Waals surface area (Å²) >= 11 is 0. The van der Waals surface area contributed by atoms with E-state index in [1.807, 2.05) is 36.4 Å². The number of rotatable bonds is 14. The summed E-state index contributed by atoms with van der Waals surface area (Å²) in [5, 5.41) is 4.15. The van der Waals surface area contributed by atoms with Crippen molar-refractivity contribution in [2.75, 3.05) is 26.7 Å².